The van der Waals surface area contributed by atoms with Crippen LogP contribution in [0, 0.1) is 0 Å². The van der Waals surface area contributed by atoms with E-state index in [1.165, 1.54) is 6.26 Å². The van der Waals surface area contributed by atoms with E-state index >= 15 is 0 Å². The van der Waals surface area contributed by atoms with Crippen molar-refractivity contribution in [3.05, 3.63) is 18.0 Å². The zero-order chi connectivity index (χ0) is 15.8. The van der Waals surface area contributed by atoms with Crippen LogP contribution in [0.1, 0.15) is 25.0 Å². The van der Waals surface area contributed by atoms with Gasteiger partial charge in [-0.05, 0) is 19.3 Å². The number of rotatable bonds is 4. The Morgan fingerprint density at radius 2 is 2.05 bits per heavy atom. The average Bonchev–Trinajstić information content (AvgIpc) is 2.97. The van der Waals surface area contributed by atoms with Crippen molar-refractivity contribution in [2.24, 2.45) is 0 Å². The van der Waals surface area contributed by atoms with Crippen molar-refractivity contribution in [2.45, 2.75) is 37.3 Å². The lowest BCUT2D eigenvalue weighted by Gasteiger charge is -2.44. The van der Waals surface area contributed by atoms with Crippen LogP contribution >= 0.6 is 0 Å². The number of amides is 1. The van der Waals surface area contributed by atoms with Crippen molar-refractivity contribution in [3.8, 4) is 0 Å². The van der Waals surface area contributed by atoms with Crippen molar-refractivity contribution in [1.82, 2.24) is 15.0 Å². The number of carbonyl (C=O) groups excluding carboxylic acids is 1. The second-order valence-corrected chi connectivity index (χ2v) is 6.02. The molecule has 1 saturated carbocycles. The number of hydrogen-bond donors (Lipinski definition) is 1. The standard InChI is InChI=1S/C14H19F2N3O3/c15-14(16,13(21)3-1-4-13)12(20)19-7-5-18(6-8-19)10-11-2-9-22-17-11/h2,9,21H,1,3-8,10H2. The molecule has 0 unspecified atom stereocenters. The van der Waals surface area contributed by atoms with Crippen molar-refractivity contribution >= 4 is 5.91 Å². The van der Waals surface area contributed by atoms with Crippen LogP contribution in [0.2, 0.25) is 0 Å². The summed E-state index contributed by atoms with van der Waals surface area (Å²) >= 11 is 0. The third-order valence-electron chi connectivity index (χ3n) is 4.57. The van der Waals surface area contributed by atoms with Gasteiger partial charge in [-0.1, -0.05) is 5.16 Å². The van der Waals surface area contributed by atoms with Crippen molar-refractivity contribution < 1.29 is 23.2 Å². The molecular formula is C14H19F2N3O3. The van der Waals surface area contributed by atoms with Crippen LogP contribution in [-0.4, -0.2) is 63.7 Å². The van der Waals surface area contributed by atoms with Crippen LogP contribution < -0.4 is 0 Å². The van der Waals surface area contributed by atoms with Gasteiger partial charge in [0.2, 0.25) is 0 Å². The number of nitrogens with zero attached hydrogens (tertiary/aromatic N) is 3. The summed E-state index contributed by atoms with van der Waals surface area (Å²) in [6.45, 7) is 2.00. The van der Waals surface area contributed by atoms with E-state index in [2.05, 4.69) is 5.16 Å². The fraction of sp³-hybridized carbons (Fsp3) is 0.714. The molecule has 1 aromatic rings. The highest BCUT2D eigenvalue weighted by Crippen LogP contribution is 2.45. The molecule has 1 amide bonds. The second kappa shape index (κ2) is 5.58. The molecule has 6 nitrogen and oxygen atoms in total. The first-order valence-corrected chi connectivity index (χ1v) is 7.43. The Balaban J connectivity index is 1.55. The summed E-state index contributed by atoms with van der Waals surface area (Å²) in [5.41, 5.74) is -1.38. The maximum absolute atomic E-state index is 14.2. The molecule has 2 fully saturated rings. The minimum Gasteiger partial charge on any atom is -0.383 e. The number of aliphatic hydroxyl groups is 1. The van der Waals surface area contributed by atoms with Crippen LogP contribution in [0.5, 0.6) is 0 Å². The van der Waals surface area contributed by atoms with E-state index in [-0.39, 0.29) is 25.9 Å². The highest BCUT2D eigenvalue weighted by atomic mass is 19.3. The van der Waals surface area contributed by atoms with Gasteiger partial charge in [0.1, 0.15) is 11.9 Å². The van der Waals surface area contributed by atoms with E-state index in [4.69, 9.17) is 4.52 Å². The van der Waals surface area contributed by atoms with Gasteiger partial charge in [-0.3, -0.25) is 9.69 Å². The van der Waals surface area contributed by atoms with Crippen LogP contribution in [0.15, 0.2) is 16.9 Å². The van der Waals surface area contributed by atoms with Crippen molar-refractivity contribution in [3.63, 3.8) is 0 Å². The molecule has 1 aromatic heterocycles. The van der Waals surface area contributed by atoms with Crippen molar-refractivity contribution in [1.29, 1.82) is 0 Å². The molecule has 0 atom stereocenters. The van der Waals surface area contributed by atoms with Gasteiger partial charge in [0.05, 0.1) is 5.69 Å². The van der Waals surface area contributed by atoms with Gasteiger partial charge in [0.25, 0.3) is 5.91 Å². The summed E-state index contributed by atoms with van der Waals surface area (Å²) < 4.78 is 33.1. The fourth-order valence-corrected chi connectivity index (χ4v) is 2.88. The number of carbonyl (C=O) groups is 1. The highest BCUT2D eigenvalue weighted by Gasteiger charge is 2.62. The average molecular weight is 315 g/mol. The molecule has 1 saturated heterocycles. The van der Waals surface area contributed by atoms with E-state index in [9.17, 15) is 18.7 Å². The van der Waals surface area contributed by atoms with Crippen LogP contribution in [0.4, 0.5) is 8.78 Å². The maximum Gasteiger partial charge on any atom is 0.352 e. The number of aromatic nitrogens is 1. The molecule has 2 heterocycles. The Bertz CT molecular complexity index is 523. The van der Waals surface area contributed by atoms with Crippen LogP contribution in [0.3, 0.4) is 0 Å². The predicted octanol–water partition coefficient (Wildman–Crippen LogP) is 0.869. The molecule has 1 aliphatic carbocycles. The number of halogens is 2. The molecule has 1 N–H and O–H groups in total. The summed E-state index contributed by atoms with van der Waals surface area (Å²) in [7, 11) is 0. The first-order chi connectivity index (χ1) is 10.4. The minimum atomic E-state index is -3.69. The predicted molar refractivity (Wildman–Crippen MR) is 72.1 cm³/mol. The van der Waals surface area contributed by atoms with E-state index in [0.29, 0.717) is 26.1 Å². The highest BCUT2D eigenvalue weighted by molar-refractivity contribution is 5.85. The fourth-order valence-electron chi connectivity index (χ4n) is 2.88. The first-order valence-electron chi connectivity index (χ1n) is 7.43. The zero-order valence-electron chi connectivity index (χ0n) is 12.2. The van der Waals surface area contributed by atoms with E-state index in [1.807, 2.05) is 4.90 Å². The minimum absolute atomic E-state index is 0.0160. The summed E-state index contributed by atoms with van der Waals surface area (Å²) in [4.78, 5) is 15.2. The Kier molecular flexibility index (Phi) is 3.90. The van der Waals surface area contributed by atoms with Gasteiger partial charge in [0.15, 0.2) is 0 Å². The van der Waals surface area contributed by atoms with Gasteiger partial charge in [-0.15, -0.1) is 0 Å². The summed E-state index contributed by atoms with van der Waals surface area (Å²) in [5, 5.41) is 13.6. The molecular weight excluding hydrogens is 296 g/mol. The number of hydrogen-bond acceptors (Lipinski definition) is 5. The third-order valence-corrected chi connectivity index (χ3v) is 4.57. The monoisotopic (exact) mass is 315 g/mol. The Labute approximate surface area is 126 Å². The Morgan fingerprint density at radius 1 is 1.36 bits per heavy atom. The topological polar surface area (TPSA) is 69.8 Å². The molecule has 2 aliphatic rings. The molecule has 22 heavy (non-hydrogen) atoms. The van der Waals surface area contributed by atoms with E-state index < -0.39 is 17.4 Å². The lowest BCUT2D eigenvalue weighted by atomic mass is 9.75. The molecule has 122 valence electrons. The lowest BCUT2D eigenvalue weighted by molar-refractivity contribution is -0.224. The molecule has 3 rings (SSSR count). The maximum atomic E-state index is 14.2. The van der Waals surface area contributed by atoms with Crippen LogP contribution in [0.25, 0.3) is 0 Å². The molecule has 0 spiro atoms. The summed E-state index contributed by atoms with van der Waals surface area (Å²) in [6, 6.07) is 1.75. The van der Waals surface area contributed by atoms with Gasteiger partial charge in [0, 0.05) is 38.8 Å². The summed E-state index contributed by atoms with van der Waals surface area (Å²) in [5.74, 6) is -4.95. The molecule has 0 bridgehead atoms. The third kappa shape index (κ3) is 2.61. The first kappa shape index (κ1) is 15.4. The molecule has 0 aromatic carbocycles. The normalized spacial score (nSPS) is 22.4. The number of piperazine rings is 1. The molecule has 0 radical (unpaired) electrons. The second-order valence-electron chi connectivity index (χ2n) is 6.02. The zero-order valence-corrected chi connectivity index (χ0v) is 12.2. The van der Waals surface area contributed by atoms with E-state index in [1.54, 1.807) is 6.07 Å². The Hall–Kier alpha value is -1.54. The molecule has 1 aliphatic heterocycles. The Morgan fingerprint density at radius 3 is 2.55 bits per heavy atom. The molecule has 8 heteroatoms. The van der Waals surface area contributed by atoms with Gasteiger partial charge >= 0.3 is 5.92 Å². The van der Waals surface area contributed by atoms with E-state index in [0.717, 1.165) is 10.6 Å². The largest absolute Gasteiger partial charge is 0.383 e. The van der Waals surface area contributed by atoms with Crippen LogP contribution in [-0.2, 0) is 11.3 Å². The van der Waals surface area contributed by atoms with Gasteiger partial charge < -0.3 is 14.5 Å². The number of alkyl halides is 2. The van der Waals surface area contributed by atoms with Gasteiger partial charge in [-0.2, -0.15) is 8.78 Å². The van der Waals surface area contributed by atoms with Crippen molar-refractivity contribution in [2.75, 3.05) is 26.2 Å². The smallest absolute Gasteiger partial charge is 0.352 e. The quantitative estimate of drug-likeness (QED) is 0.893. The lowest BCUT2D eigenvalue weighted by Crippen LogP contribution is -2.63. The van der Waals surface area contributed by atoms with Gasteiger partial charge in [-0.25, -0.2) is 0 Å². The summed E-state index contributed by atoms with van der Waals surface area (Å²) in [6.07, 6.45) is 1.98. The SMILES string of the molecule is O=C(N1CCN(Cc2ccon2)CC1)C(F)(F)C1(O)CCC1.